The van der Waals surface area contributed by atoms with Crippen molar-refractivity contribution in [3.8, 4) is 11.1 Å². The molecule has 2 atom stereocenters. The van der Waals surface area contributed by atoms with Crippen LogP contribution in [0.4, 0.5) is 4.79 Å². The minimum Gasteiger partial charge on any atom is -0.479 e. The number of carbonyl (C=O) groups excluding carboxylic acids is 1. The highest BCUT2D eigenvalue weighted by atomic mass is 32.2. The van der Waals surface area contributed by atoms with Crippen LogP contribution in [0.3, 0.4) is 0 Å². The van der Waals surface area contributed by atoms with E-state index < -0.39 is 39.2 Å². The highest BCUT2D eigenvalue weighted by Crippen LogP contribution is 2.33. The van der Waals surface area contributed by atoms with E-state index in [4.69, 9.17) is 5.73 Å². The van der Waals surface area contributed by atoms with Crippen LogP contribution in [-0.2, 0) is 14.6 Å². The Kier molecular flexibility index (Phi) is 5.57. The van der Waals surface area contributed by atoms with Crippen molar-refractivity contribution in [2.45, 2.75) is 36.0 Å². The van der Waals surface area contributed by atoms with E-state index in [-0.39, 0.29) is 17.9 Å². The molecular weight excluding hydrogens is 410 g/mol. The minimum atomic E-state index is -4.20. The van der Waals surface area contributed by atoms with Gasteiger partial charge in [-0.2, -0.15) is 0 Å². The molecule has 3 rings (SSSR count). The quantitative estimate of drug-likeness (QED) is 0.653. The topological polar surface area (TPSA) is 151 Å². The monoisotopic (exact) mass is 433 g/mol. The molecule has 0 saturated carbocycles. The third-order valence-corrected chi connectivity index (χ3v) is 7.58. The molecule has 2 unspecified atom stereocenters. The van der Waals surface area contributed by atoms with Gasteiger partial charge in [-0.15, -0.1) is 0 Å². The molecule has 0 bridgehead atoms. The Hall–Kier alpha value is -2.98. The molecule has 1 fully saturated rings. The van der Waals surface area contributed by atoms with Gasteiger partial charge in [0.1, 0.15) is 5.25 Å². The van der Waals surface area contributed by atoms with Crippen LogP contribution in [0.1, 0.15) is 17.8 Å². The second kappa shape index (κ2) is 7.69. The number of nitrogens with two attached hydrogens (primary N) is 1. The van der Waals surface area contributed by atoms with Gasteiger partial charge >= 0.3 is 12.0 Å². The van der Waals surface area contributed by atoms with E-state index in [1.54, 1.807) is 12.1 Å². The van der Waals surface area contributed by atoms with E-state index in [1.165, 1.54) is 12.1 Å². The molecule has 0 radical (unpaired) electrons. The van der Waals surface area contributed by atoms with Gasteiger partial charge in [-0.05, 0) is 55.7 Å². The summed E-state index contributed by atoms with van der Waals surface area (Å²) in [5.74, 6) is -1.72. The lowest BCUT2D eigenvalue weighted by Gasteiger charge is -2.40. The maximum absolute atomic E-state index is 13.2. The third-order valence-electron chi connectivity index (χ3n) is 5.28. The number of aromatic nitrogens is 1. The van der Waals surface area contributed by atoms with E-state index in [1.807, 2.05) is 26.0 Å². The molecule has 0 spiro atoms. The Morgan fingerprint density at radius 1 is 1.13 bits per heavy atom. The Morgan fingerprint density at radius 2 is 1.70 bits per heavy atom. The number of benzene rings is 1. The second-order valence-electron chi connectivity index (χ2n) is 7.47. The number of carbonyl (C=O) groups is 2. The van der Waals surface area contributed by atoms with Crippen molar-refractivity contribution in [2.24, 2.45) is 5.73 Å². The number of hydrogen-bond acceptors (Lipinski definition) is 6. The summed E-state index contributed by atoms with van der Waals surface area (Å²) < 4.78 is 26.3. The lowest BCUT2D eigenvalue weighted by Crippen LogP contribution is -2.65. The van der Waals surface area contributed by atoms with Crippen LogP contribution in [0.5, 0.6) is 0 Å². The normalized spacial score (nSPS) is 22.0. The number of pyridine rings is 1. The molecule has 1 saturated heterocycles. The average Bonchev–Trinajstić information content (AvgIpc) is 2.67. The number of aliphatic hydroxyl groups is 1. The standard InChI is InChI=1S/C20H23N3O6S/c1-12-9-15(10-13(2)22-12)14-3-5-16(6-4-14)30(28,29)17-7-8-23(19(21)26)11-20(17,27)18(24)25/h3-6,9-10,17,27H,7-8,11H2,1-2H3,(H2,21,26)(H,24,25). The highest BCUT2D eigenvalue weighted by molar-refractivity contribution is 7.92. The first-order valence-corrected chi connectivity index (χ1v) is 10.8. The third kappa shape index (κ3) is 3.88. The zero-order valence-corrected chi connectivity index (χ0v) is 17.4. The van der Waals surface area contributed by atoms with Gasteiger partial charge in [0, 0.05) is 17.9 Å². The van der Waals surface area contributed by atoms with Crippen molar-refractivity contribution in [1.29, 1.82) is 0 Å². The minimum absolute atomic E-state index is 0.0670. The molecule has 0 aliphatic carbocycles. The molecule has 9 nitrogen and oxygen atoms in total. The maximum atomic E-state index is 13.2. The molecule has 30 heavy (non-hydrogen) atoms. The number of likely N-dealkylation sites (tertiary alicyclic amines) is 1. The molecule has 1 aromatic heterocycles. The number of amides is 2. The molecule has 2 heterocycles. The molecule has 160 valence electrons. The summed E-state index contributed by atoms with van der Waals surface area (Å²) in [6.07, 6.45) is -0.251. The van der Waals surface area contributed by atoms with Gasteiger partial charge in [-0.1, -0.05) is 12.1 Å². The van der Waals surface area contributed by atoms with Crippen LogP contribution >= 0.6 is 0 Å². The first-order chi connectivity index (χ1) is 13.9. The number of aryl methyl sites for hydroxylation is 2. The van der Waals surface area contributed by atoms with Gasteiger partial charge in [-0.25, -0.2) is 18.0 Å². The van der Waals surface area contributed by atoms with E-state index in [9.17, 15) is 28.2 Å². The Morgan fingerprint density at radius 3 is 2.20 bits per heavy atom. The van der Waals surface area contributed by atoms with Gasteiger partial charge in [0.2, 0.25) is 0 Å². The molecule has 1 aromatic carbocycles. The first kappa shape index (κ1) is 21.7. The highest BCUT2D eigenvalue weighted by Gasteiger charge is 2.55. The number of aliphatic carboxylic acids is 1. The van der Waals surface area contributed by atoms with Gasteiger partial charge in [0.05, 0.1) is 11.4 Å². The second-order valence-corrected chi connectivity index (χ2v) is 9.60. The molecule has 4 N–H and O–H groups in total. The van der Waals surface area contributed by atoms with E-state index in [0.29, 0.717) is 0 Å². The Labute approximate surface area is 174 Å². The number of rotatable bonds is 4. The number of carboxylic acid groups (broad SMARTS) is 1. The molecular formula is C20H23N3O6S. The van der Waals surface area contributed by atoms with Gasteiger partial charge in [0.15, 0.2) is 15.4 Å². The van der Waals surface area contributed by atoms with Crippen molar-refractivity contribution in [1.82, 2.24) is 9.88 Å². The van der Waals surface area contributed by atoms with Gasteiger partial charge < -0.3 is 20.8 Å². The van der Waals surface area contributed by atoms with Crippen LogP contribution in [0.2, 0.25) is 0 Å². The van der Waals surface area contributed by atoms with Crippen molar-refractivity contribution in [2.75, 3.05) is 13.1 Å². The SMILES string of the molecule is Cc1cc(-c2ccc(S(=O)(=O)C3CCN(C(N)=O)CC3(O)C(=O)O)cc2)cc(C)n1. The lowest BCUT2D eigenvalue weighted by atomic mass is 9.92. The number of sulfone groups is 1. The summed E-state index contributed by atoms with van der Waals surface area (Å²) in [7, 11) is -4.20. The summed E-state index contributed by atoms with van der Waals surface area (Å²) in [5, 5.41) is 18.6. The number of piperidine rings is 1. The molecule has 1 aliphatic heterocycles. The fraction of sp³-hybridized carbons (Fsp3) is 0.350. The zero-order chi connectivity index (χ0) is 22.3. The molecule has 2 amide bonds. The summed E-state index contributed by atoms with van der Waals surface area (Å²) in [5.41, 5.74) is 5.82. The zero-order valence-electron chi connectivity index (χ0n) is 16.6. The van der Waals surface area contributed by atoms with E-state index in [0.717, 1.165) is 27.4 Å². The largest absolute Gasteiger partial charge is 0.479 e. The van der Waals surface area contributed by atoms with Crippen molar-refractivity contribution in [3.63, 3.8) is 0 Å². The molecule has 10 heteroatoms. The van der Waals surface area contributed by atoms with E-state index >= 15 is 0 Å². The van der Waals surface area contributed by atoms with Crippen LogP contribution in [0.25, 0.3) is 11.1 Å². The van der Waals surface area contributed by atoms with Crippen LogP contribution in [0.15, 0.2) is 41.3 Å². The van der Waals surface area contributed by atoms with Crippen molar-refractivity contribution >= 4 is 21.8 Å². The Balaban J connectivity index is 1.96. The van der Waals surface area contributed by atoms with Gasteiger partial charge in [0.25, 0.3) is 0 Å². The number of β-amino-alcohol motifs (C(OH)–C–C–N with tert-alkyl or cyclic N) is 1. The van der Waals surface area contributed by atoms with Crippen LogP contribution in [-0.4, -0.2) is 64.5 Å². The number of nitrogens with zero attached hydrogens (tertiary/aromatic N) is 2. The number of hydrogen-bond donors (Lipinski definition) is 3. The predicted octanol–water partition coefficient (Wildman–Crippen LogP) is 1.11. The fourth-order valence-electron chi connectivity index (χ4n) is 3.79. The van der Waals surface area contributed by atoms with Crippen molar-refractivity contribution < 1.29 is 28.2 Å². The summed E-state index contributed by atoms with van der Waals surface area (Å²) in [6, 6.07) is 8.85. The fourth-order valence-corrected chi connectivity index (χ4v) is 5.74. The first-order valence-electron chi connectivity index (χ1n) is 9.25. The summed E-state index contributed by atoms with van der Waals surface area (Å²) in [6.45, 7) is 2.96. The molecule has 1 aliphatic rings. The average molecular weight is 433 g/mol. The van der Waals surface area contributed by atoms with Gasteiger partial charge in [-0.3, -0.25) is 4.98 Å². The molecule has 2 aromatic rings. The van der Waals surface area contributed by atoms with Crippen LogP contribution < -0.4 is 5.73 Å². The number of urea groups is 1. The van der Waals surface area contributed by atoms with Crippen molar-refractivity contribution in [3.05, 3.63) is 47.8 Å². The summed E-state index contributed by atoms with van der Waals surface area (Å²) in [4.78, 5) is 28.3. The number of carboxylic acids is 1. The smallest absolute Gasteiger partial charge is 0.338 e. The lowest BCUT2D eigenvalue weighted by molar-refractivity contribution is -0.162. The summed E-state index contributed by atoms with van der Waals surface area (Å²) >= 11 is 0. The van der Waals surface area contributed by atoms with Crippen LogP contribution in [0, 0.1) is 13.8 Å². The van der Waals surface area contributed by atoms with E-state index in [2.05, 4.69) is 4.98 Å². The predicted molar refractivity (Wildman–Crippen MR) is 108 cm³/mol. The number of primary amides is 1. The Bertz CT molecular complexity index is 1080. The maximum Gasteiger partial charge on any atom is 0.338 e.